The molecule has 0 unspecified atom stereocenters. The summed E-state index contributed by atoms with van der Waals surface area (Å²) >= 11 is 0. The number of hydrogen-bond acceptors (Lipinski definition) is 4. The number of nitrogens with zero attached hydrogens (tertiary/aromatic N) is 1. The first-order chi connectivity index (χ1) is 6.97. The number of sulfonamides is 1. The fraction of sp³-hybridized carbons (Fsp3) is 0.250. The SMILES string of the molecule is CCNS(=O)(=O)c1cccc([N+](=O)[O-])c1. The highest BCUT2D eigenvalue weighted by molar-refractivity contribution is 7.89. The highest BCUT2D eigenvalue weighted by Crippen LogP contribution is 2.16. The van der Waals surface area contributed by atoms with E-state index in [1.54, 1.807) is 6.92 Å². The zero-order chi connectivity index (χ0) is 11.5. The third kappa shape index (κ3) is 2.74. The van der Waals surface area contributed by atoms with Crippen LogP contribution in [0.25, 0.3) is 0 Å². The smallest absolute Gasteiger partial charge is 0.258 e. The Hall–Kier alpha value is -1.47. The number of rotatable bonds is 4. The Balaban J connectivity index is 3.16. The number of nitro groups is 1. The summed E-state index contributed by atoms with van der Waals surface area (Å²) in [5, 5.41) is 10.4. The van der Waals surface area contributed by atoms with Gasteiger partial charge < -0.3 is 0 Å². The summed E-state index contributed by atoms with van der Waals surface area (Å²) in [7, 11) is -3.62. The molecule has 7 heteroatoms. The maximum absolute atomic E-state index is 11.5. The van der Waals surface area contributed by atoms with Crippen LogP contribution in [0.15, 0.2) is 29.2 Å². The molecule has 0 aliphatic rings. The molecule has 15 heavy (non-hydrogen) atoms. The summed E-state index contributed by atoms with van der Waals surface area (Å²) in [4.78, 5) is 9.70. The van der Waals surface area contributed by atoms with Crippen LogP contribution in [0.1, 0.15) is 6.92 Å². The molecule has 0 aromatic heterocycles. The molecule has 1 rings (SSSR count). The normalized spacial score (nSPS) is 11.3. The van der Waals surface area contributed by atoms with E-state index in [1.165, 1.54) is 18.2 Å². The van der Waals surface area contributed by atoms with E-state index in [0.717, 1.165) is 6.07 Å². The van der Waals surface area contributed by atoms with Crippen molar-refractivity contribution in [2.75, 3.05) is 6.54 Å². The van der Waals surface area contributed by atoms with E-state index < -0.39 is 14.9 Å². The van der Waals surface area contributed by atoms with Gasteiger partial charge in [-0.15, -0.1) is 0 Å². The fourth-order valence-corrected chi connectivity index (χ4v) is 2.12. The molecule has 0 heterocycles. The zero-order valence-electron chi connectivity index (χ0n) is 8.00. The third-order valence-electron chi connectivity index (χ3n) is 1.67. The molecule has 0 bridgehead atoms. The van der Waals surface area contributed by atoms with Crippen LogP contribution < -0.4 is 4.72 Å². The maximum atomic E-state index is 11.5. The highest BCUT2D eigenvalue weighted by Gasteiger charge is 2.15. The van der Waals surface area contributed by atoms with Crippen molar-refractivity contribution in [1.29, 1.82) is 0 Å². The van der Waals surface area contributed by atoms with Gasteiger partial charge in [0, 0.05) is 18.7 Å². The second-order valence-corrected chi connectivity index (χ2v) is 4.52. The molecule has 0 saturated carbocycles. The Kier molecular flexibility index (Phi) is 3.38. The second kappa shape index (κ2) is 4.37. The molecule has 0 radical (unpaired) electrons. The van der Waals surface area contributed by atoms with Crippen LogP contribution in [0.4, 0.5) is 5.69 Å². The van der Waals surface area contributed by atoms with E-state index in [0.29, 0.717) is 0 Å². The van der Waals surface area contributed by atoms with Crippen LogP contribution in [0.5, 0.6) is 0 Å². The summed E-state index contributed by atoms with van der Waals surface area (Å²) in [6, 6.07) is 4.91. The monoisotopic (exact) mass is 230 g/mol. The quantitative estimate of drug-likeness (QED) is 0.614. The molecule has 0 amide bonds. The first kappa shape index (κ1) is 11.6. The Labute approximate surface area is 87.1 Å². The summed E-state index contributed by atoms with van der Waals surface area (Å²) < 4.78 is 25.2. The maximum Gasteiger partial charge on any atom is 0.270 e. The largest absolute Gasteiger partial charge is 0.270 e. The standard InChI is InChI=1S/C8H10N2O4S/c1-2-9-15(13,14)8-5-3-4-7(6-8)10(11)12/h3-6,9H,2H2,1H3. The fourth-order valence-electron chi connectivity index (χ4n) is 1.04. The molecule has 1 aromatic rings. The van der Waals surface area contributed by atoms with Gasteiger partial charge in [-0.05, 0) is 6.07 Å². The molecule has 82 valence electrons. The van der Waals surface area contributed by atoms with Gasteiger partial charge in [-0.3, -0.25) is 10.1 Å². The zero-order valence-corrected chi connectivity index (χ0v) is 8.82. The van der Waals surface area contributed by atoms with Crippen LogP contribution in [0.2, 0.25) is 0 Å². The van der Waals surface area contributed by atoms with Crippen molar-refractivity contribution in [2.45, 2.75) is 11.8 Å². The Morgan fingerprint density at radius 2 is 2.13 bits per heavy atom. The summed E-state index contributed by atoms with van der Waals surface area (Å²) in [6.45, 7) is 1.87. The lowest BCUT2D eigenvalue weighted by Crippen LogP contribution is -2.23. The van der Waals surface area contributed by atoms with Gasteiger partial charge in [0.1, 0.15) is 0 Å². The van der Waals surface area contributed by atoms with E-state index in [-0.39, 0.29) is 17.1 Å². The van der Waals surface area contributed by atoms with Gasteiger partial charge in [0.05, 0.1) is 9.82 Å². The van der Waals surface area contributed by atoms with Crippen molar-refractivity contribution in [3.8, 4) is 0 Å². The van der Waals surface area contributed by atoms with Crippen LogP contribution in [0, 0.1) is 10.1 Å². The van der Waals surface area contributed by atoms with Gasteiger partial charge in [0.15, 0.2) is 0 Å². The Bertz CT molecular complexity index is 469. The van der Waals surface area contributed by atoms with E-state index in [2.05, 4.69) is 4.72 Å². The highest BCUT2D eigenvalue weighted by atomic mass is 32.2. The van der Waals surface area contributed by atoms with Gasteiger partial charge in [-0.25, -0.2) is 13.1 Å². The number of hydrogen-bond donors (Lipinski definition) is 1. The van der Waals surface area contributed by atoms with Crippen molar-refractivity contribution in [1.82, 2.24) is 4.72 Å². The molecular weight excluding hydrogens is 220 g/mol. The number of nitro benzene ring substituents is 1. The Morgan fingerprint density at radius 1 is 1.47 bits per heavy atom. The number of nitrogens with one attached hydrogen (secondary N) is 1. The minimum atomic E-state index is -3.62. The average molecular weight is 230 g/mol. The van der Waals surface area contributed by atoms with Crippen LogP contribution in [-0.4, -0.2) is 19.9 Å². The lowest BCUT2D eigenvalue weighted by molar-refractivity contribution is -0.385. The molecule has 1 N–H and O–H groups in total. The van der Waals surface area contributed by atoms with Crippen molar-refractivity contribution >= 4 is 15.7 Å². The minimum Gasteiger partial charge on any atom is -0.258 e. The first-order valence-corrected chi connectivity index (χ1v) is 5.70. The predicted octanol–water partition coefficient (Wildman–Crippen LogP) is 0.893. The van der Waals surface area contributed by atoms with E-state index in [4.69, 9.17) is 0 Å². The van der Waals surface area contributed by atoms with Crippen molar-refractivity contribution in [3.63, 3.8) is 0 Å². The average Bonchev–Trinajstić information content (AvgIpc) is 2.18. The molecule has 1 aromatic carbocycles. The summed E-state index contributed by atoms with van der Waals surface area (Å²) in [5.41, 5.74) is -0.242. The van der Waals surface area contributed by atoms with Crippen LogP contribution in [-0.2, 0) is 10.0 Å². The van der Waals surface area contributed by atoms with Gasteiger partial charge in [-0.2, -0.15) is 0 Å². The van der Waals surface area contributed by atoms with Gasteiger partial charge >= 0.3 is 0 Å². The molecule has 0 fully saturated rings. The Morgan fingerprint density at radius 3 is 2.67 bits per heavy atom. The van der Waals surface area contributed by atoms with E-state index in [9.17, 15) is 18.5 Å². The number of non-ortho nitro benzene ring substituents is 1. The van der Waals surface area contributed by atoms with Gasteiger partial charge in [0.2, 0.25) is 10.0 Å². The topological polar surface area (TPSA) is 89.3 Å². The summed E-state index contributed by atoms with van der Waals surface area (Å²) in [5.74, 6) is 0. The number of benzene rings is 1. The van der Waals surface area contributed by atoms with Crippen LogP contribution >= 0.6 is 0 Å². The molecule has 6 nitrogen and oxygen atoms in total. The van der Waals surface area contributed by atoms with Crippen LogP contribution in [0.3, 0.4) is 0 Å². The minimum absolute atomic E-state index is 0.0986. The van der Waals surface area contributed by atoms with E-state index >= 15 is 0 Å². The van der Waals surface area contributed by atoms with Crippen molar-refractivity contribution < 1.29 is 13.3 Å². The van der Waals surface area contributed by atoms with Crippen molar-refractivity contribution in [3.05, 3.63) is 34.4 Å². The van der Waals surface area contributed by atoms with Crippen molar-refractivity contribution in [2.24, 2.45) is 0 Å². The first-order valence-electron chi connectivity index (χ1n) is 4.21. The molecule has 0 atom stereocenters. The second-order valence-electron chi connectivity index (χ2n) is 2.76. The summed E-state index contributed by atoms with van der Waals surface area (Å²) in [6.07, 6.45) is 0. The molecule has 0 aliphatic heterocycles. The molecular formula is C8H10N2O4S. The van der Waals surface area contributed by atoms with Gasteiger partial charge in [0.25, 0.3) is 5.69 Å². The lowest BCUT2D eigenvalue weighted by atomic mass is 10.3. The molecule has 0 spiro atoms. The van der Waals surface area contributed by atoms with Gasteiger partial charge in [-0.1, -0.05) is 13.0 Å². The third-order valence-corrected chi connectivity index (χ3v) is 3.22. The molecule has 0 aliphatic carbocycles. The lowest BCUT2D eigenvalue weighted by Gasteiger charge is -2.03. The molecule has 0 saturated heterocycles. The van der Waals surface area contributed by atoms with E-state index in [1.807, 2.05) is 0 Å². The predicted molar refractivity (Wildman–Crippen MR) is 54.0 cm³/mol.